The topological polar surface area (TPSA) is 73.4 Å². The summed E-state index contributed by atoms with van der Waals surface area (Å²) in [5.41, 5.74) is 6.70. The lowest BCUT2D eigenvalue weighted by Gasteiger charge is -2.17. The van der Waals surface area contributed by atoms with Crippen LogP contribution in [-0.4, -0.2) is 34.3 Å². The van der Waals surface area contributed by atoms with E-state index in [2.05, 4.69) is 0 Å². The third-order valence-electron chi connectivity index (χ3n) is 1.79. The summed E-state index contributed by atoms with van der Waals surface area (Å²) < 4.78 is 0. The molecule has 0 aromatic carbocycles. The fourth-order valence-corrected chi connectivity index (χ4v) is 1.25. The minimum absolute atomic E-state index is 0.0301. The summed E-state index contributed by atoms with van der Waals surface area (Å²) in [6, 6.07) is -0.130. The zero-order valence-corrected chi connectivity index (χ0v) is 5.66. The van der Waals surface area contributed by atoms with Gasteiger partial charge in [0.05, 0.1) is 13.2 Å². The Morgan fingerprint density at radius 2 is 2.50 bits per heavy atom. The molecule has 1 aliphatic rings. The van der Waals surface area contributed by atoms with Crippen molar-refractivity contribution in [2.75, 3.05) is 13.2 Å². The summed E-state index contributed by atoms with van der Waals surface area (Å²) in [6.07, 6.45) is 1.71. The lowest BCUT2D eigenvalue weighted by Crippen LogP contribution is -2.36. The highest BCUT2D eigenvalue weighted by atomic mass is 16.5. The van der Waals surface area contributed by atoms with Crippen molar-refractivity contribution in [3.05, 3.63) is 5.21 Å². The van der Waals surface area contributed by atoms with Crippen LogP contribution in [0.2, 0.25) is 0 Å². The average Bonchev–Trinajstić information content (AvgIpc) is 2.33. The quantitative estimate of drug-likeness (QED) is 0.323. The predicted octanol–water partition coefficient (Wildman–Crippen LogP) is -0.101. The van der Waals surface area contributed by atoms with E-state index in [4.69, 9.17) is 10.6 Å². The van der Waals surface area contributed by atoms with Crippen molar-refractivity contribution in [2.45, 2.75) is 18.9 Å². The zero-order chi connectivity index (χ0) is 7.56. The van der Waals surface area contributed by atoms with Gasteiger partial charge >= 0.3 is 0 Å². The second kappa shape index (κ2) is 2.83. The second-order valence-corrected chi connectivity index (χ2v) is 2.41. The van der Waals surface area contributed by atoms with Crippen LogP contribution in [0.25, 0.3) is 0 Å². The van der Waals surface area contributed by atoms with E-state index in [1.165, 1.54) is 5.01 Å². The van der Waals surface area contributed by atoms with E-state index in [-0.39, 0.29) is 17.6 Å². The van der Waals surface area contributed by atoms with Gasteiger partial charge < -0.3 is 10.3 Å². The SMILES string of the molecule is N=[N+]([O-])N1CCCC1CO. The van der Waals surface area contributed by atoms with E-state index >= 15 is 0 Å². The first-order valence-corrected chi connectivity index (χ1v) is 3.31. The molecule has 0 amide bonds. The Morgan fingerprint density at radius 1 is 1.80 bits per heavy atom. The summed E-state index contributed by atoms with van der Waals surface area (Å²) in [4.78, 5) is 0.0634. The Kier molecular flexibility index (Phi) is 2.06. The number of hydrazine groups is 1. The maximum absolute atomic E-state index is 10.4. The molecule has 1 fully saturated rings. The Hall–Kier alpha value is -0.840. The lowest BCUT2D eigenvalue weighted by molar-refractivity contribution is -0.714. The number of hydrogen-bond acceptors (Lipinski definition) is 3. The van der Waals surface area contributed by atoms with Gasteiger partial charge in [-0.3, -0.25) is 0 Å². The normalized spacial score (nSPS) is 25.3. The van der Waals surface area contributed by atoms with E-state index in [1.807, 2.05) is 0 Å². The summed E-state index contributed by atoms with van der Waals surface area (Å²) in [5, 5.41) is 20.4. The first-order chi connectivity index (χ1) is 4.75. The first kappa shape index (κ1) is 7.27. The van der Waals surface area contributed by atoms with E-state index < -0.39 is 0 Å². The van der Waals surface area contributed by atoms with Crippen molar-refractivity contribution in [3.63, 3.8) is 0 Å². The minimum atomic E-state index is -0.130. The number of nitrogens with zero attached hydrogens (tertiary/aromatic N) is 2. The highest BCUT2D eigenvalue weighted by Gasteiger charge is 2.28. The van der Waals surface area contributed by atoms with Gasteiger partial charge in [-0.15, -0.1) is 5.01 Å². The third kappa shape index (κ3) is 1.18. The van der Waals surface area contributed by atoms with Gasteiger partial charge in [0.15, 0.2) is 0 Å². The monoisotopic (exact) mass is 145 g/mol. The van der Waals surface area contributed by atoms with Crippen LogP contribution >= 0.6 is 0 Å². The number of nitrogens with one attached hydrogen (secondary N) is 1. The molecule has 0 aliphatic carbocycles. The van der Waals surface area contributed by atoms with E-state index in [0.29, 0.717) is 6.54 Å². The van der Waals surface area contributed by atoms with Crippen molar-refractivity contribution < 1.29 is 10.1 Å². The molecule has 1 rings (SSSR count). The van der Waals surface area contributed by atoms with Crippen molar-refractivity contribution >= 4 is 0 Å². The fourth-order valence-electron chi connectivity index (χ4n) is 1.25. The summed E-state index contributed by atoms with van der Waals surface area (Å²) in [5.74, 6) is 0. The van der Waals surface area contributed by atoms with Crippen molar-refractivity contribution in [2.24, 2.45) is 0 Å². The zero-order valence-electron chi connectivity index (χ0n) is 5.66. The van der Waals surface area contributed by atoms with Crippen molar-refractivity contribution in [1.82, 2.24) is 5.01 Å². The highest BCUT2D eigenvalue weighted by Crippen LogP contribution is 2.15. The number of aliphatic hydroxyl groups is 1. The van der Waals surface area contributed by atoms with Crippen LogP contribution in [0.3, 0.4) is 0 Å². The third-order valence-corrected chi connectivity index (χ3v) is 1.79. The number of rotatable bonds is 2. The van der Waals surface area contributed by atoms with Crippen LogP contribution in [0.4, 0.5) is 0 Å². The molecule has 0 spiro atoms. The summed E-state index contributed by atoms with van der Waals surface area (Å²) >= 11 is 0. The van der Waals surface area contributed by atoms with E-state index in [9.17, 15) is 5.21 Å². The molecule has 1 saturated heterocycles. The minimum Gasteiger partial charge on any atom is -0.572 e. The molecule has 0 aromatic heterocycles. The molecule has 1 aliphatic heterocycles. The van der Waals surface area contributed by atoms with Crippen LogP contribution in [0, 0.1) is 10.7 Å². The van der Waals surface area contributed by atoms with Crippen molar-refractivity contribution in [3.8, 4) is 0 Å². The van der Waals surface area contributed by atoms with Crippen LogP contribution in [0.5, 0.6) is 0 Å². The standard InChI is InChI=1S/C5H11N3O2/c6-8(10)7-3-1-2-5(7)4-9/h5-6,9H,1-4H2. The van der Waals surface area contributed by atoms with Gasteiger partial charge in [-0.1, -0.05) is 0 Å². The fraction of sp³-hybridized carbons (Fsp3) is 1.00. The maximum Gasteiger partial charge on any atom is 0.111 e. The molecule has 5 heteroatoms. The smallest absolute Gasteiger partial charge is 0.111 e. The molecule has 5 nitrogen and oxygen atoms in total. The Bertz CT molecular complexity index is 139. The number of aliphatic hydroxyl groups excluding tert-OH is 1. The second-order valence-electron chi connectivity index (χ2n) is 2.41. The molecule has 58 valence electrons. The molecule has 10 heavy (non-hydrogen) atoms. The molecule has 0 aromatic rings. The van der Waals surface area contributed by atoms with E-state index in [0.717, 1.165) is 12.8 Å². The van der Waals surface area contributed by atoms with Gasteiger partial charge in [0, 0.05) is 4.97 Å². The molecule has 1 atom stereocenters. The van der Waals surface area contributed by atoms with Crippen LogP contribution < -0.4 is 0 Å². The molecule has 1 unspecified atom stereocenters. The summed E-state index contributed by atoms with van der Waals surface area (Å²) in [6.45, 7) is 0.565. The van der Waals surface area contributed by atoms with Crippen LogP contribution in [0.15, 0.2) is 0 Å². The average molecular weight is 145 g/mol. The lowest BCUT2D eigenvalue weighted by atomic mass is 10.2. The van der Waals surface area contributed by atoms with Gasteiger partial charge in [-0.25, -0.2) is 0 Å². The Labute approximate surface area is 58.9 Å². The van der Waals surface area contributed by atoms with Gasteiger partial charge in [-0.05, 0) is 18.4 Å². The molecule has 1 heterocycles. The molecule has 2 N–H and O–H groups in total. The summed E-state index contributed by atoms with van der Waals surface area (Å²) in [7, 11) is 0. The van der Waals surface area contributed by atoms with E-state index in [1.54, 1.807) is 0 Å². The van der Waals surface area contributed by atoms with Gasteiger partial charge in [0.25, 0.3) is 0 Å². The molecule has 0 saturated carbocycles. The van der Waals surface area contributed by atoms with Crippen molar-refractivity contribution in [1.29, 1.82) is 5.53 Å². The highest BCUT2D eigenvalue weighted by molar-refractivity contribution is 4.71. The molecular formula is C5H11N3O2. The Balaban J connectivity index is 2.50. The molecular weight excluding hydrogens is 134 g/mol. The predicted molar refractivity (Wildman–Crippen MR) is 33.2 cm³/mol. The van der Waals surface area contributed by atoms with Crippen LogP contribution in [0.1, 0.15) is 12.8 Å². The number of hydrogen-bond donors (Lipinski definition) is 2. The first-order valence-electron chi connectivity index (χ1n) is 3.31. The van der Waals surface area contributed by atoms with Gasteiger partial charge in [0.2, 0.25) is 0 Å². The molecule has 0 bridgehead atoms. The maximum atomic E-state index is 10.4. The van der Waals surface area contributed by atoms with Gasteiger partial charge in [-0.2, -0.15) is 0 Å². The largest absolute Gasteiger partial charge is 0.572 e. The van der Waals surface area contributed by atoms with Crippen LogP contribution in [-0.2, 0) is 0 Å². The Morgan fingerprint density at radius 3 is 2.90 bits per heavy atom. The van der Waals surface area contributed by atoms with Gasteiger partial charge in [0.1, 0.15) is 6.04 Å². The molecule has 0 radical (unpaired) electrons.